The molecule has 0 spiro atoms. The summed E-state index contributed by atoms with van der Waals surface area (Å²) in [5.41, 5.74) is 7.06. The maximum absolute atomic E-state index is 10.0. The Labute approximate surface area is 216 Å². The minimum absolute atomic E-state index is 0. The van der Waals surface area contributed by atoms with E-state index in [-0.39, 0.29) is 37.1 Å². The first-order valence-corrected chi connectivity index (χ1v) is 11.2. The molecule has 0 aliphatic carbocycles. The molecule has 34 heavy (non-hydrogen) atoms. The summed E-state index contributed by atoms with van der Waals surface area (Å²) in [5, 5.41) is 12.0. The summed E-state index contributed by atoms with van der Waals surface area (Å²) >= 11 is 0. The quantitative estimate of drug-likeness (QED) is 0.140. The number of aliphatic hydroxyl groups excluding tert-OH is 1. The molecule has 4 aromatic rings. The predicted octanol–water partition coefficient (Wildman–Crippen LogP) is 7.80. The van der Waals surface area contributed by atoms with Gasteiger partial charge in [0.25, 0.3) is 0 Å². The summed E-state index contributed by atoms with van der Waals surface area (Å²) in [6.07, 6.45) is 1.17. The molecule has 0 amide bonds. The van der Waals surface area contributed by atoms with Gasteiger partial charge in [0.2, 0.25) is 0 Å². The number of aromatic nitrogens is 1. The van der Waals surface area contributed by atoms with Crippen molar-refractivity contribution in [3.05, 3.63) is 89.2 Å². The van der Waals surface area contributed by atoms with E-state index >= 15 is 0 Å². The van der Waals surface area contributed by atoms with Gasteiger partial charge in [-0.1, -0.05) is 68.1 Å². The number of hydrogen-bond acceptors (Lipinski definition) is 3. The number of rotatable bonds is 2. The van der Waals surface area contributed by atoms with Crippen LogP contribution in [0, 0.1) is 19.9 Å². The minimum Gasteiger partial charge on any atom is -0.512 e. The topological polar surface area (TPSA) is 50.2 Å². The summed E-state index contributed by atoms with van der Waals surface area (Å²) < 4.78 is 0. The fourth-order valence-corrected chi connectivity index (χ4v) is 4.12. The number of hydrogen-bond donors (Lipinski definition) is 1. The fraction of sp³-hybridized carbons (Fsp3) is 0.267. The summed E-state index contributed by atoms with van der Waals surface area (Å²) in [6.45, 7) is 14.0. The summed E-state index contributed by atoms with van der Waals surface area (Å²) in [4.78, 5) is 15.0. The van der Waals surface area contributed by atoms with Gasteiger partial charge in [0.15, 0.2) is 5.78 Å². The van der Waals surface area contributed by atoms with E-state index in [0.29, 0.717) is 0 Å². The van der Waals surface area contributed by atoms with Crippen LogP contribution in [0.1, 0.15) is 51.3 Å². The zero-order chi connectivity index (χ0) is 24.3. The van der Waals surface area contributed by atoms with Crippen LogP contribution in [-0.4, -0.2) is 15.9 Å². The van der Waals surface area contributed by atoms with Crippen molar-refractivity contribution in [2.45, 2.75) is 53.9 Å². The fourth-order valence-electron chi connectivity index (χ4n) is 4.12. The van der Waals surface area contributed by atoms with Gasteiger partial charge in [-0.3, -0.25) is 9.78 Å². The molecular formula is C30H32IrNO2-. The molecule has 179 valence electrons. The molecule has 0 aliphatic heterocycles. The van der Waals surface area contributed by atoms with Gasteiger partial charge in [-0.15, -0.1) is 29.1 Å². The van der Waals surface area contributed by atoms with E-state index in [2.05, 4.69) is 95.3 Å². The largest absolute Gasteiger partial charge is 0.512 e. The normalized spacial score (nSPS) is 11.6. The molecule has 1 aromatic heterocycles. The van der Waals surface area contributed by atoms with Crippen LogP contribution in [0.4, 0.5) is 0 Å². The molecule has 0 saturated carbocycles. The average molecular weight is 631 g/mol. The Morgan fingerprint density at radius 2 is 1.65 bits per heavy atom. The van der Waals surface area contributed by atoms with E-state index in [1.807, 2.05) is 0 Å². The molecule has 3 aromatic carbocycles. The Bertz CT molecular complexity index is 1360. The van der Waals surface area contributed by atoms with Crippen LogP contribution in [0.5, 0.6) is 0 Å². The SMILES string of the molecule is CC(=O)/C=C(/C)O.Cc1cccc2nc(-c3[c-]c4ccccc4c(C(C)(C)C)c3)cc(C)c12.[Ir]. The van der Waals surface area contributed by atoms with Crippen molar-refractivity contribution in [3.8, 4) is 11.3 Å². The number of benzene rings is 3. The van der Waals surface area contributed by atoms with Crippen molar-refractivity contribution in [3.63, 3.8) is 0 Å². The van der Waals surface area contributed by atoms with Crippen LogP contribution in [-0.2, 0) is 30.3 Å². The Morgan fingerprint density at radius 3 is 2.24 bits per heavy atom. The predicted molar refractivity (Wildman–Crippen MR) is 139 cm³/mol. The first-order chi connectivity index (χ1) is 15.5. The van der Waals surface area contributed by atoms with Crippen LogP contribution in [0.15, 0.2) is 66.4 Å². The Hall–Kier alpha value is -2.81. The molecule has 0 bridgehead atoms. The maximum atomic E-state index is 10.0. The van der Waals surface area contributed by atoms with E-state index in [1.54, 1.807) is 0 Å². The Balaban J connectivity index is 0.000000449. The molecular weight excluding hydrogens is 599 g/mol. The van der Waals surface area contributed by atoms with Crippen LogP contribution in [0.2, 0.25) is 0 Å². The van der Waals surface area contributed by atoms with Crippen molar-refractivity contribution < 1.29 is 30.0 Å². The maximum Gasteiger partial charge on any atom is 0.155 e. The van der Waals surface area contributed by atoms with E-state index < -0.39 is 0 Å². The van der Waals surface area contributed by atoms with Crippen molar-refractivity contribution in [2.75, 3.05) is 0 Å². The van der Waals surface area contributed by atoms with Gasteiger partial charge in [0, 0.05) is 37.3 Å². The third kappa shape index (κ3) is 6.40. The first-order valence-electron chi connectivity index (χ1n) is 11.2. The zero-order valence-electron chi connectivity index (χ0n) is 20.9. The molecule has 0 saturated heterocycles. The monoisotopic (exact) mass is 631 g/mol. The number of carbonyl (C=O) groups excluding carboxylic acids is 1. The van der Waals surface area contributed by atoms with Crippen molar-refractivity contribution in [2.24, 2.45) is 0 Å². The second-order valence-electron chi connectivity index (χ2n) is 9.58. The van der Waals surface area contributed by atoms with E-state index in [4.69, 9.17) is 10.1 Å². The molecule has 4 heteroatoms. The molecule has 0 atom stereocenters. The molecule has 0 fully saturated rings. The van der Waals surface area contributed by atoms with E-state index in [1.165, 1.54) is 47.4 Å². The van der Waals surface area contributed by atoms with Crippen LogP contribution in [0.3, 0.4) is 0 Å². The minimum atomic E-state index is -0.125. The summed E-state index contributed by atoms with van der Waals surface area (Å²) in [7, 11) is 0. The number of pyridine rings is 1. The number of ketones is 1. The number of aliphatic hydroxyl groups is 1. The summed E-state index contributed by atoms with van der Waals surface area (Å²) in [5.74, 6) is -0.0625. The van der Waals surface area contributed by atoms with Crippen LogP contribution < -0.4 is 0 Å². The van der Waals surface area contributed by atoms with Crippen molar-refractivity contribution in [1.29, 1.82) is 0 Å². The third-order valence-electron chi connectivity index (χ3n) is 5.51. The standard InChI is InChI=1S/C25H24N.C5H8O2.Ir/c1-16-9-8-12-22-24(16)17(2)13-23(26-22)19-14-18-10-6-7-11-20(18)21(15-19)25(3,4)5;1-4(6)3-5(2)7;/h6-13,15H,1-5H3;3,6H,1-2H3;/q-1;;/b;4-3-;. The third-order valence-corrected chi connectivity index (χ3v) is 5.51. The number of nitrogens with zero attached hydrogens (tertiary/aromatic N) is 1. The van der Waals surface area contributed by atoms with Crippen LogP contribution in [0.25, 0.3) is 32.9 Å². The first kappa shape index (κ1) is 27.4. The van der Waals surface area contributed by atoms with Crippen molar-refractivity contribution >= 4 is 27.5 Å². The van der Waals surface area contributed by atoms with Gasteiger partial charge in [-0.2, -0.15) is 0 Å². The van der Waals surface area contributed by atoms with Gasteiger partial charge in [0.05, 0.1) is 11.3 Å². The Kier molecular flexibility index (Phi) is 8.94. The second kappa shape index (κ2) is 11.1. The van der Waals surface area contributed by atoms with Gasteiger partial charge < -0.3 is 5.11 Å². The van der Waals surface area contributed by atoms with Gasteiger partial charge in [-0.25, -0.2) is 0 Å². The Morgan fingerprint density at radius 1 is 0.971 bits per heavy atom. The number of allylic oxidation sites excluding steroid dienone is 2. The van der Waals surface area contributed by atoms with Gasteiger partial charge in [-0.05, 0) is 50.3 Å². The number of aryl methyl sites for hydroxylation is 2. The smallest absolute Gasteiger partial charge is 0.155 e. The molecule has 0 unspecified atom stereocenters. The zero-order valence-corrected chi connectivity index (χ0v) is 23.3. The van der Waals surface area contributed by atoms with Gasteiger partial charge in [0.1, 0.15) is 0 Å². The molecule has 1 radical (unpaired) electrons. The second-order valence-corrected chi connectivity index (χ2v) is 9.58. The number of carbonyl (C=O) groups is 1. The molecule has 1 heterocycles. The average Bonchev–Trinajstić information content (AvgIpc) is 2.71. The van der Waals surface area contributed by atoms with Crippen molar-refractivity contribution in [1.82, 2.24) is 4.98 Å². The van der Waals surface area contributed by atoms with E-state index in [9.17, 15) is 4.79 Å². The van der Waals surface area contributed by atoms with Gasteiger partial charge >= 0.3 is 0 Å². The number of fused-ring (bicyclic) bond motifs is 2. The molecule has 3 nitrogen and oxygen atoms in total. The molecule has 0 aliphatic rings. The molecule has 1 N–H and O–H groups in total. The van der Waals surface area contributed by atoms with Crippen LogP contribution >= 0.6 is 0 Å². The summed E-state index contributed by atoms with van der Waals surface area (Å²) in [6, 6.07) is 22.9. The van der Waals surface area contributed by atoms with E-state index in [0.717, 1.165) is 22.2 Å². The molecule has 4 rings (SSSR count).